The van der Waals surface area contributed by atoms with E-state index in [4.69, 9.17) is 14.5 Å². The Morgan fingerprint density at radius 1 is 1.15 bits per heavy atom. The fourth-order valence-corrected chi connectivity index (χ4v) is 4.64. The van der Waals surface area contributed by atoms with Crippen molar-refractivity contribution in [3.8, 4) is 0 Å². The second-order valence-electron chi connectivity index (χ2n) is 9.62. The Kier molecular flexibility index (Phi) is 9.88. The van der Waals surface area contributed by atoms with Gasteiger partial charge in [0.2, 0.25) is 11.8 Å². The lowest BCUT2D eigenvalue weighted by Gasteiger charge is -2.26. The second kappa shape index (κ2) is 13.5. The van der Waals surface area contributed by atoms with E-state index in [9.17, 15) is 14.0 Å². The summed E-state index contributed by atoms with van der Waals surface area (Å²) in [5, 5.41) is 14.7. The highest BCUT2D eigenvalue weighted by Crippen LogP contribution is 2.31. The van der Waals surface area contributed by atoms with Gasteiger partial charge in [-0.2, -0.15) is 5.10 Å². The lowest BCUT2D eigenvalue weighted by molar-refractivity contribution is -0.131. The third-order valence-corrected chi connectivity index (χ3v) is 6.82. The summed E-state index contributed by atoms with van der Waals surface area (Å²) in [6.07, 6.45) is 4.32. The molecule has 1 aliphatic heterocycles. The maximum Gasteiger partial charge on any atom is 0.246 e. The summed E-state index contributed by atoms with van der Waals surface area (Å²) >= 11 is 0. The van der Waals surface area contributed by atoms with Gasteiger partial charge in [0.05, 0.1) is 17.3 Å². The maximum absolute atomic E-state index is 13.4. The van der Waals surface area contributed by atoms with Crippen LogP contribution in [0.4, 0.5) is 10.1 Å². The Morgan fingerprint density at radius 3 is 2.54 bits per heavy atom. The number of hydrogen-bond acceptors (Lipinski definition) is 7. The van der Waals surface area contributed by atoms with Gasteiger partial charge in [-0.15, -0.1) is 0 Å². The number of aryl methyl sites for hydroxylation is 2. The van der Waals surface area contributed by atoms with E-state index in [0.717, 1.165) is 46.4 Å². The van der Waals surface area contributed by atoms with Crippen molar-refractivity contribution in [2.45, 2.75) is 58.8 Å². The maximum atomic E-state index is 13.4. The number of ether oxygens (including phenoxy) is 2. The summed E-state index contributed by atoms with van der Waals surface area (Å²) in [6.45, 7) is 6.21. The van der Waals surface area contributed by atoms with Gasteiger partial charge in [-0.05, 0) is 37.8 Å². The summed E-state index contributed by atoms with van der Waals surface area (Å²) in [5.41, 5.74) is 4.88. The number of nitrogens with one attached hydrogen (secondary N) is 3. The molecule has 1 saturated heterocycles. The van der Waals surface area contributed by atoms with Crippen LogP contribution in [-0.4, -0.2) is 66.9 Å². The van der Waals surface area contributed by atoms with Crippen molar-refractivity contribution in [3.05, 3.63) is 47.0 Å². The van der Waals surface area contributed by atoms with Crippen molar-refractivity contribution in [1.82, 2.24) is 25.4 Å². The quantitative estimate of drug-likeness (QED) is 0.294. The highest BCUT2D eigenvalue weighted by Gasteiger charge is 2.22. The van der Waals surface area contributed by atoms with E-state index >= 15 is 0 Å². The van der Waals surface area contributed by atoms with E-state index in [1.807, 2.05) is 24.7 Å². The van der Waals surface area contributed by atoms with E-state index < -0.39 is 0 Å². The fourth-order valence-electron chi connectivity index (χ4n) is 4.64. The highest BCUT2D eigenvalue weighted by molar-refractivity contribution is 6.32. The number of hydrogen-bond donors (Lipinski definition) is 3. The molecule has 0 saturated carbocycles. The molecule has 0 atom stereocenters. The molecule has 1 aromatic carbocycles. The lowest BCUT2D eigenvalue weighted by Crippen LogP contribution is -2.33. The molecule has 2 amide bonds. The minimum atomic E-state index is -0.358. The molecule has 39 heavy (non-hydrogen) atoms. The standard InChI is InChI=1S/C27H36BFN6O4/c1-3-23-19(26(33-18-7-9-38-10-8-18)20-14-32-35(4-2)27(20)34-23)13-31-25(37)16-39-15-24(36)30-12-17-5-6-22(29)21(28)11-17/h5-6,11,14,18H,3-4,7-10,12-13,15-16,28H2,1-2H3,(H,30,36)(H,31,37)(H,33,34). The largest absolute Gasteiger partial charge is 0.381 e. The molecule has 10 nitrogen and oxygen atoms in total. The molecule has 3 aromatic rings. The fraction of sp³-hybridized carbons (Fsp3) is 0.481. The van der Waals surface area contributed by atoms with Crippen LogP contribution in [0.2, 0.25) is 0 Å². The molecule has 1 aliphatic rings. The average Bonchev–Trinajstić information content (AvgIpc) is 3.36. The summed E-state index contributed by atoms with van der Waals surface area (Å²) in [6, 6.07) is 4.93. The zero-order valence-corrected chi connectivity index (χ0v) is 22.8. The molecule has 2 aromatic heterocycles. The van der Waals surface area contributed by atoms with Crippen LogP contribution < -0.4 is 21.4 Å². The number of anilines is 1. The van der Waals surface area contributed by atoms with Crippen LogP contribution in [0.25, 0.3) is 11.0 Å². The van der Waals surface area contributed by atoms with Crippen LogP contribution >= 0.6 is 0 Å². The van der Waals surface area contributed by atoms with Gasteiger partial charge in [-0.25, -0.2) is 14.1 Å². The van der Waals surface area contributed by atoms with Crippen LogP contribution in [0.1, 0.15) is 43.5 Å². The predicted octanol–water partition coefficient (Wildman–Crippen LogP) is 0.951. The average molecular weight is 538 g/mol. The molecule has 4 rings (SSSR count). The van der Waals surface area contributed by atoms with Gasteiger partial charge in [-0.1, -0.05) is 24.5 Å². The predicted molar refractivity (Wildman–Crippen MR) is 149 cm³/mol. The van der Waals surface area contributed by atoms with Crippen molar-refractivity contribution >= 4 is 41.8 Å². The molecule has 3 heterocycles. The van der Waals surface area contributed by atoms with Crippen LogP contribution in [0, 0.1) is 5.82 Å². The normalized spacial score (nSPS) is 13.9. The van der Waals surface area contributed by atoms with Gasteiger partial charge in [0.15, 0.2) is 5.65 Å². The molecule has 0 spiro atoms. The number of halogens is 1. The molecule has 0 bridgehead atoms. The second-order valence-corrected chi connectivity index (χ2v) is 9.62. The summed E-state index contributed by atoms with van der Waals surface area (Å²) in [7, 11) is 1.67. The Bertz CT molecular complexity index is 1310. The van der Waals surface area contributed by atoms with E-state index in [1.54, 1.807) is 20.0 Å². The smallest absolute Gasteiger partial charge is 0.246 e. The van der Waals surface area contributed by atoms with Gasteiger partial charge in [0.1, 0.15) is 26.9 Å². The first-order valence-corrected chi connectivity index (χ1v) is 13.5. The first kappa shape index (κ1) is 28.5. The van der Waals surface area contributed by atoms with Gasteiger partial charge in [-0.3, -0.25) is 9.59 Å². The first-order chi connectivity index (χ1) is 18.9. The van der Waals surface area contributed by atoms with Gasteiger partial charge in [0.25, 0.3) is 0 Å². The first-order valence-electron chi connectivity index (χ1n) is 13.5. The van der Waals surface area contributed by atoms with E-state index in [1.165, 1.54) is 6.07 Å². The number of fused-ring (bicyclic) bond motifs is 1. The third-order valence-electron chi connectivity index (χ3n) is 6.82. The van der Waals surface area contributed by atoms with Crippen molar-refractivity contribution in [1.29, 1.82) is 0 Å². The molecule has 0 unspecified atom stereocenters. The Labute approximate surface area is 228 Å². The zero-order valence-electron chi connectivity index (χ0n) is 22.8. The van der Waals surface area contributed by atoms with Crippen molar-refractivity contribution < 1.29 is 23.5 Å². The summed E-state index contributed by atoms with van der Waals surface area (Å²) < 4.78 is 26.1. The summed E-state index contributed by atoms with van der Waals surface area (Å²) in [4.78, 5) is 29.6. The van der Waals surface area contributed by atoms with Crippen LogP contribution in [0.15, 0.2) is 24.4 Å². The third kappa shape index (κ3) is 7.33. The number of pyridine rings is 1. The number of benzene rings is 1. The number of carbonyl (C=O) groups is 2. The van der Waals surface area contributed by atoms with Crippen LogP contribution in [0.5, 0.6) is 0 Å². The molecule has 0 aliphatic carbocycles. The molecular weight excluding hydrogens is 502 g/mol. The van der Waals surface area contributed by atoms with Crippen LogP contribution in [-0.2, 0) is 45.1 Å². The number of aromatic nitrogens is 3. The number of amides is 2. The number of nitrogens with zero attached hydrogens (tertiary/aromatic N) is 3. The SMILES string of the molecule is Bc1cc(CNC(=O)COCC(=O)NCc2c(CC)nc3c(cnn3CC)c2NC2CCOCC2)ccc1F. The Hall–Kier alpha value is -3.51. The lowest BCUT2D eigenvalue weighted by atomic mass is 9.93. The Balaban J connectivity index is 1.35. The monoisotopic (exact) mass is 538 g/mol. The van der Waals surface area contributed by atoms with Crippen molar-refractivity contribution in [2.75, 3.05) is 31.7 Å². The van der Waals surface area contributed by atoms with Crippen molar-refractivity contribution in [2.24, 2.45) is 0 Å². The number of rotatable bonds is 12. The van der Waals surface area contributed by atoms with Gasteiger partial charge >= 0.3 is 0 Å². The van der Waals surface area contributed by atoms with E-state index in [-0.39, 0.29) is 50.0 Å². The highest BCUT2D eigenvalue weighted by atomic mass is 19.1. The zero-order chi connectivity index (χ0) is 27.8. The number of carbonyl (C=O) groups excluding carboxylic acids is 2. The molecule has 0 radical (unpaired) electrons. The topological polar surface area (TPSA) is 119 Å². The summed E-state index contributed by atoms with van der Waals surface area (Å²) in [5.74, 6) is -0.979. The molecule has 12 heteroatoms. The molecule has 3 N–H and O–H groups in total. The minimum Gasteiger partial charge on any atom is -0.381 e. The van der Waals surface area contributed by atoms with Crippen LogP contribution in [0.3, 0.4) is 0 Å². The minimum absolute atomic E-state index is 0.252. The molecular formula is C27H36BFN6O4. The molecule has 208 valence electrons. The van der Waals surface area contributed by atoms with Gasteiger partial charge in [0, 0.05) is 50.1 Å². The Morgan fingerprint density at radius 2 is 1.87 bits per heavy atom. The van der Waals surface area contributed by atoms with Crippen molar-refractivity contribution in [3.63, 3.8) is 0 Å². The van der Waals surface area contributed by atoms with E-state index in [0.29, 0.717) is 31.6 Å². The van der Waals surface area contributed by atoms with E-state index in [2.05, 4.69) is 21.0 Å². The molecule has 1 fully saturated rings. The van der Waals surface area contributed by atoms with Gasteiger partial charge < -0.3 is 25.4 Å².